The number of guanidine groups is 1. The first-order chi connectivity index (χ1) is 9.34. The van der Waals surface area contributed by atoms with Crippen LogP contribution in [0.3, 0.4) is 0 Å². The predicted octanol–water partition coefficient (Wildman–Crippen LogP) is 1.37. The molecule has 0 aliphatic carbocycles. The maximum Gasteiger partial charge on any atom is 0.192 e. The Balaban J connectivity index is 2.32. The van der Waals surface area contributed by atoms with Crippen LogP contribution < -0.4 is 5.73 Å². The number of nitrogens with zero attached hydrogens (tertiary/aromatic N) is 3. The van der Waals surface area contributed by atoms with Crippen molar-refractivity contribution < 1.29 is 8.78 Å². The molecule has 1 unspecified atom stereocenters. The van der Waals surface area contributed by atoms with Crippen LogP contribution >= 0.6 is 0 Å². The van der Waals surface area contributed by atoms with E-state index in [0.717, 1.165) is 12.6 Å². The summed E-state index contributed by atoms with van der Waals surface area (Å²) in [6.45, 7) is 3.65. The molecule has 0 aromatic heterocycles. The van der Waals surface area contributed by atoms with Gasteiger partial charge in [0.25, 0.3) is 0 Å². The predicted molar refractivity (Wildman–Crippen MR) is 75.5 cm³/mol. The first-order valence-corrected chi connectivity index (χ1v) is 6.52. The average molecular weight is 282 g/mol. The third-order valence-corrected chi connectivity index (χ3v) is 3.70. The first-order valence-electron chi connectivity index (χ1n) is 6.52. The SMILES string of the molecule is CN(C)CCN1C(N)=NCC1(C)c1ccc(F)cc1F. The van der Waals surface area contributed by atoms with Gasteiger partial charge in [0.05, 0.1) is 12.1 Å². The molecule has 1 aliphatic rings. The number of aliphatic imine (C=N–C) groups is 1. The zero-order valence-corrected chi connectivity index (χ0v) is 12.0. The number of nitrogens with two attached hydrogens (primary N) is 1. The minimum Gasteiger partial charge on any atom is -0.370 e. The lowest BCUT2D eigenvalue weighted by molar-refractivity contribution is 0.199. The average Bonchev–Trinajstić information content (AvgIpc) is 2.63. The van der Waals surface area contributed by atoms with Crippen LogP contribution in [0.25, 0.3) is 0 Å². The second kappa shape index (κ2) is 5.36. The fourth-order valence-electron chi connectivity index (χ4n) is 2.48. The highest BCUT2D eigenvalue weighted by atomic mass is 19.1. The molecule has 1 atom stereocenters. The Morgan fingerprint density at radius 3 is 2.70 bits per heavy atom. The largest absolute Gasteiger partial charge is 0.370 e. The minimum atomic E-state index is -0.669. The van der Waals surface area contributed by atoms with Crippen molar-refractivity contribution in [2.24, 2.45) is 10.7 Å². The maximum absolute atomic E-state index is 14.1. The summed E-state index contributed by atoms with van der Waals surface area (Å²) in [6, 6.07) is 3.64. The van der Waals surface area contributed by atoms with Gasteiger partial charge in [0.15, 0.2) is 5.96 Å². The van der Waals surface area contributed by atoms with Crippen molar-refractivity contribution in [1.82, 2.24) is 9.80 Å². The van der Waals surface area contributed by atoms with Crippen molar-refractivity contribution in [2.75, 3.05) is 33.7 Å². The van der Waals surface area contributed by atoms with E-state index in [2.05, 4.69) is 4.99 Å². The Hall–Kier alpha value is -1.69. The highest BCUT2D eigenvalue weighted by Crippen LogP contribution is 2.34. The monoisotopic (exact) mass is 282 g/mol. The zero-order chi connectivity index (χ0) is 14.9. The van der Waals surface area contributed by atoms with Crippen LogP contribution in [-0.2, 0) is 5.54 Å². The van der Waals surface area contributed by atoms with Gasteiger partial charge in [0.1, 0.15) is 11.6 Å². The quantitative estimate of drug-likeness (QED) is 0.907. The van der Waals surface area contributed by atoms with E-state index < -0.39 is 17.2 Å². The van der Waals surface area contributed by atoms with E-state index in [1.54, 1.807) is 0 Å². The third-order valence-electron chi connectivity index (χ3n) is 3.70. The summed E-state index contributed by atoms with van der Waals surface area (Å²) in [5.41, 5.74) is 5.67. The fraction of sp³-hybridized carbons (Fsp3) is 0.500. The summed E-state index contributed by atoms with van der Waals surface area (Å²) in [5, 5.41) is 0. The number of halogens is 2. The highest BCUT2D eigenvalue weighted by Gasteiger charge is 2.41. The van der Waals surface area contributed by atoms with Gasteiger partial charge in [0, 0.05) is 24.7 Å². The van der Waals surface area contributed by atoms with Crippen LogP contribution in [0.2, 0.25) is 0 Å². The van der Waals surface area contributed by atoms with Crippen molar-refractivity contribution in [3.63, 3.8) is 0 Å². The molecule has 110 valence electrons. The van der Waals surface area contributed by atoms with Gasteiger partial charge in [-0.15, -0.1) is 0 Å². The van der Waals surface area contributed by atoms with Gasteiger partial charge >= 0.3 is 0 Å². The van der Waals surface area contributed by atoms with Crippen LogP contribution in [0.4, 0.5) is 8.78 Å². The molecular formula is C14H20F2N4. The van der Waals surface area contributed by atoms with Crippen LogP contribution in [0.15, 0.2) is 23.2 Å². The summed E-state index contributed by atoms with van der Waals surface area (Å²) in [7, 11) is 3.92. The van der Waals surface area contributed by atoms with Crippen molar-refractivity contribution >= 4 is 5.96 Å². The molecule has 0 radical (unpaired) electrons. The van der Waals surface area contributed by atoms with E-state index in [1.165, 1.54) is 12.1 Å². The number of likely N-dealkylation sites (N-methyl/N-ethyl adjacent to an activating group) is 1. The van der Waals surface area contributed by atoms with Gasteiger partial charge in [-0.3, -0.25) is 4.99 Å². The van der Waals surface area contributed by atoms with E-state index in [1.807, 2.05) is 30.8 Å². The Kier molecular flexibility index (Phi) is 3.94. The molecule has 2 rings (SSSR count). The second-order valence-electron chi connectivity index (χ2n) is 5.53. The van der Waals surface area contributed by atoms with E-state index >= 15 is 0 Å². The molecule has 0 bridgehead atoms. The van der Waals surface area contributed by atoms with Crippen molar-refractivity contribution in [3.05, 3.63) is 35.4 Å². The third kappa shape index (κ3) is 2.60. The van der Waals surface area contributed by atoms with Crippen molar-refractivity contribution in [2.45, 2.75) is 12.5 Å². The molecule has 0 saturated carbocycles. The molecule has 1 heterocycles. The van der Waals surface area contributed by atoms with E-state index in [0.29, 0.717) is 24.6 Å². The van der Waals surface area contributed by atoms with E-state index in [-0.39, 0.29) is 0 Å². The lowest BCUT2D eigenvalue weighted by Crippen LogP contribution is -2.50. The standard InChI is InChI=1S/C14H20F2N4/c1-14(11-5-4-10(15)8-12(11)16)9-18-13(17)20(14)7-6-19(2)3/h4-5,8H,6-7,9H2,1-3H3,(H2,17,18). The number of benzene rings is 1. The van der Waals surface area contributed by atoms with Crippen LogP contribution in [0.5, 0.6) is 0 Å². The zero-order valence-electron chi connectivity index (χ0n) is 12.0. The topological polar surface area (TPSA) is 44.9 Å². The lowest BCUT2D eigenvalue weighted by Gasteiger charge is -2.37. The Morgan fingerprint density at radius 1 is 1.40 bits per heavy atom. The normalized spacial score (nSPS) is 22.5. The van der Waals surface area contributed by atoms with Gasteiger partial charge in [0.2, 0.25) is 0 Å². The molecule has 20 heavy (non-hydrogen) atoms. The molecule has 1 aliphatic heterocycles. The van der Waals surface area contributed by atoms with Crippen LogP contribution in [0, 0.1) is 11.6 Å². The van der Waals surface area contributed by atoms with Crippen molar-refractivity contribution in [3.8, 4) is 0 Å². The summed E-state index contributed by atoms with van der Waals surface area (Å²) in [5.74, 6) is -0.744. The summed E-state index contributed by atoms with van der Waals surface area (Å²) in [4.78, 5) is 8.13. The van der Waals surface area contributed by atoms with Gasteiger partial charge in [-0.05, 0) is 27.1 Å². The van der Waals surface area contributed by atoms with Gasteiger partial charge in [-0.2, -0.15) is 0 Å². The molecule has 2 N–H and O–H groups in total. The van der Waals surface area contributed by atoms with Crippen LogP contribution in [-0.4, -0.2) is 49.5 Å². The van der Waals surface area contributed by atoms with Crippen LogP contribution in [0.1, 0.15) is 12.5 Å². The highest BCUT2D eigenvalue weighted by molar-refractivity contribution is 5.81. The molecule has 1 aromatic carbocycles. The molecule has 0 fully saturated rings. The van der Waals surface area contributed by atoms with E-state index in [4.69, 9.17) is 5.73 Å². The smallest absolute Gasteiger partial charge is 0.192 e. The summed E-state index contributed by atoms with van der Waals surface area (Å²) >= 11 is 0. The molecule has 0 spiro atoms. The molecule has 0 amide bonds. The molecular weight excluding hydrogens is 262 g/mol. The molecule has 4 nitrogen and oxygen atoms in total. The number of hydrogen-bond donors (Lipinski definition) is 1. The lowest BCUT2D eigenvalue weighted by atomic mass is 9.90. The minimum absolute atomic E-state index is 0.370. The van der Waals surface area contributed by atoms with Gasteiger partial charge in [-0.1, -0.05) is 6.07 Å². The Bertz CT molecular complexity index is 530. The Labute approximate surface area is 117 Å². The fourth-order valence-corrected chi connectivity index (χ4v) is 2.48. The molecule has 1 aromatic rings. The molecule has 0 saturated heterocycles. The van der Waals surface area contributed by atoms with Gasteiger partial charge in [-0.25, -0.2) is 8.78 Å². The van der Waals surface area contributed by atoms with E-state index in [9.17, 15) is 8.78 Å². The second-order valence-corrected chi connectivity index (χ2v) is 5.53. The number of hydrogen-bond acceptors (Lipinski definition) is 4. The summed E-state index contributed by atoms with van der Waals surface area (Å²) in [6.07, 6.45) is 0. The summed E-state index contributed by atoms with van der Waals surface area (Å²) < 4.78 is 27.2. The van der Waals surface area contributed by atoms with Crippen molar-refractivity contribution in [1.29, 1.82) is 0 Å². The first kappa shape index (κ1) is 14.7. The maximum atomic E-state index is 14.1. The molecule has 6 heteroatoms. The Morgan fingerprint density at radius 2 is 2.10 bits per heavy atom. The van der Waals surface area contributed by atoms with Gasteiger partial charge < -0.3 is 15.5 Å². The number of rotatable bonds is 4.